The second kappa shape index (κ2) is 15.4. The molecule has 0 unspecified atom stereocenters. The molecule has 43 heavy (non-hydrogen) atoms. The maximum absolute atomic E-state index is 6.37. The van der Waals surface area contributed by atoms with E-state index in [-0.39, 0.29) is 37.2 Å². The number of imidazole rings is 1. The predicted octanol–water partition coefficient (Wildman–Crippen LogP) is 7.49. The third-order valence-corrected chi connectivity index (χ3v) is 7.46. The van der Waals surface area contributed by atoms with Crippen LogP contribution in [0.25, 0.3) is 16.9 Å². The van der Waals surface area contributed by atoms with Crippen molar-refractivity contribution in [3.63, 3.8) is 0 Å². The number of halogens is 4. The minimum absolute atomic E-state index is 0. The molecule has 4 heterocycles. The summed E-state index contributed by atoms with van der Waals surface area (Å²) in [6.07, 6.45) is 8.85. The van der Waals surface area contributed by atoms with Gasteiger partial charge in [-0.15, -0.1) is 37.2 Å². The van der Waals surface area contributed by atoms with Crippen molar-refractivity contribution in [3.05, 3.63) is 96.0 Å². The molecule has 3 aromatic heterocycles. The van der Waals surface area contributed by atoms with Gasteiger partial charge in [0.05, 0.1) is 24.9 Å². The normalized spacial score (nSPS) is 13.9. The zero-order valence-corrected chi connectivity index (χ0v) is 26.8. The molecule has 0 radical (unpaired) electrons. The lowest BCUT2D eigenvalue weighted by atomic mass is 10.1. The number of methoxy groups -OCH3 is 2. The first kappa shape index (κ1) is 34.1. The Morgan fingerprint density at radius 2 is 1.67 bits per heavy atom. The highest BCUT2D eigenvalue weighted by molar-refractivity contribution is 6.32. The summed E-state index contributed by atoms with van der Waals surface area (Å²) in [6, 6.07) is 20.0. The first-order valence-electron chi connectivity index (χ1n) is 13.2. The summed E-state index contributed by atoms with van der Waals surface area (Å²) in [5.74, 6) is 2.18. The lowest BCUT2D eigenvalue weighted by Crippen LogP contribution is -2.32. The molecular formula is C31H33Cl4N5O3. The Balaban J connectivity index is 0.00000169. The number of ether oxygens (including phenoxy) is 3. The third-order valence-electron chi connectivity index (χ3n) is 7.16. The molecule has 0 amide bonds. The van der Waals surface area contributed by atoms with Gasteiger partial charge in [0.2, 0.25) is 0 Å². The molecule has 1 saturated heterocycles. The van der Waals surface area contributed by atoms with Crippen LogP contribution in [-0.4, -0.2) is 47.7 Å². The van der Waals surface area contributed by atoms with Gasteiger partial charge in [0.15, 0.2) is 11.5 Å². The summed E-state index contributed by atoms with van der Waals surface area (Å²) < 4.78 is 19.2. The van der Waals surface area contributed by atoms with Crippen LogP contribution in [0.3, 0.4) is 0 Å². The maximum Gasteiger partial charge on any atom is 0.171 e. The van der Waals surface area contributed by atoms with E-state index >= 15 is 0 Å². The molecule has 2 aromatic carbocycles. The SMILES string of the molecule is COc1cc(OC)c(Oc2ccccc2-c2cn3ccc(N4CC[C@H](NCc5ccncc5)C4)cc3n2)cc1Cl.Cl.Cl.Cl. The van der Waals surface area contributed by atoms with E-state index in [0.29, 0.717) is 34.1 Å². The van der Waals surface area contributed by atoms with Crippen molar-refractivity contribution < 1.29 is 14.2 Å². The third kappa shape index (κ3) is 7.58. The summed E-state index contributed by atoms with van der Waals surface area (Å²) >= 11 is 6.37. The average molecular weight is 665 g/mol. The minimum Gasteiger partial charge on any atom is -0.495 e. The summed E-state index contributed by atoms with van der Waals surface area (Å²) in [5.41, 5.74) is 4.96. The molecule has 1 fully saturated rings. The van der Waals surface area contributed by atoms with Crippen molar-refractivity contribution in [2.45, 2.75) is 19.0 Å². The number of para-hydroxylation sites is 1. The van der Waals surface area contributed by atoms with Gasteiger partial charge in [-0.1, -0.05) is 23.7 Å². The van der Waals surface area contributed by atoms with Crippen molar-refractivity contribution in [2.24, 2.45) is 0 Å². The molecule has 8 nitrogen and oxygen atoms in total. The van der Waals surface area contributed by atoms with E-state index in [9.17, 15) is 0 Å². The van der Waals surface area contributed by atoms with E-state index in [1.165, 1.54) is 11.3 Å². The molecule has 228 valence electrons. The van der Waals surface area contributed by atoms with E-state index in [4.69, 9.17) is 30.8 Å². The van der Waals surface area contributed by atoms with Gasteiger partial charge in [-0.05, 0) is 42.3 Å². The molecule has 6 rings (SSSR count). The Labute approximate surface area is 274 Å². The molecule has 0 saturated carbocycles. The number of rotatable bonds is 9. The molecule has 1 atom stereocenters. The summed E-state index contributed by atoms with van der Waals surface area (Å²) in [6.45, 7) is 2.80. The molecular weight excluding hydrogens is 632 g/mol. The summed E-state index contributed by atoms with van der Waals surface area (Å²) in [7, 11) is 3.15. The van der Waals surface area contributed by atoms with Gasteiger partial charge in [-0.25, -0.2) is 4.98 Å². The van der Waals surface area contributed by atoms with Crippen molar-refractivity contribution in [1.29, 1.82) is 0 Å². The van der Waals surface area contributed by atoms with Crippen molar-refractivity contribution >= 4 is 60.2 Å². The number of nitrogens with zero attached hydrogens (tertiary/aromatic N) is 4. The van der Waals surface area contributed by atoms with E-state index in [0.717, 1.165) is 43.0 Å². The van der Waals surface area contributed by atoms with Gasteiger partial charge < -0.3 is 28.8 Å². The Kier molecular flexibility index (Phi) is 12.2. The van der Waals surface area contributed by atoms with Crippen LogP contribution in [-0.2, 0) is 6.54 Å². The number of hydrogen-bond acceptors (Lipinski definition) is 7. The van der Waals surface area contributed by atoms with Gasteiger partial charge in [0.1, 0.15) is 17.1 Å². The van der Waals surface area contributed by atoms with Crippen LogP contribution in [0, 0.1) is 0 Å². The molecule has 1 N–H and O–H groups in total. The molecule has 0 bridgehead atoms. The van der Waals surface area contributed by atoms with E-state index in [1.807, 2.05) is 47.3 Å². The van der Waals surface area contributed by atoms with Crippen LogP contribution in [0.5, 0.6) is 23.0 Å². The van der Waals surface area contributed by atoms with Gasteiger partial charge >= 0.3 is 0 Å². The van der Waals surface area contributed by atoms with Crippen molar-refractivity contribution in [2.75, 3.05) is 32.2 Å². The average Bonchev–Trinajstić information content (AvgIpc) is 3.64. The van der Waals surface area contributed by atoms with Crippen LogP contribution in [0.2, 0.25) is 5.02 Å². The zero-order valence-electron chi connectivity index (χ0n) is 23.6. The van der Waals surface area contributed by atoms with Crippen LogP contribution >= 0.6 is 48.8 Å². The molecule has 1 aliphatic heterocycles. The second-order valence-electron chi connectivity index (χ2n) is 9.68. The second-order valence-corrected chi connectivity index (χ2v) is 10.1. The van der Waals surface area contributed by atoms with E-state index in [2.05, 4.69) is 45.7 Å². The highest BCUT2D eigenvalue weighted by Gasteiger charge is 2.23. The highest BCUT2D eigenvalue weighted by Crippen LogP contribution is 2.42. The maximum atomic E-state index is 6.37. The van der Waals surface area contributed by atoms with Gasteiger partial charge in [0, 0.05) is 79.9 Å². The number of fused-ring (bicyclic) bond motifs is 1. The largest absolute Gasteiger partial charge is 0.495 e. The van der Waals surface area contributed by atoms with Crippen molar-refractivity contribution in [1.82, 2.24) is 19.7 Å². The number of anilines is 1. The monoisotopic (exact) mass is 663 g/mol. The Bertz CT molecular complexity index is 1640. The minimum atomic E-state index is 0. The highest BCUT2D eigenvalue weighted by atomic mass is 35.5. The summed E-state index contributed by atoms with van der Waals surface area (Å²) in [5, 5.41) is 4.11. The lowest BCUT2D eigenvalue weighted by Gasteiger charge is -2.19. The molecule has 0 aliphatic carbocycles. The number of benzene rings is 2. The fourth-order valence-electron chi connectivity index (χ4n) is 5.02. The number of hydrogen-bond donors (Lipinski definition) is 1. The van der Waals surface area contributed by atoms with Gasteiger partial charge in [-0.3, -0.25) is 4.98 Å². The fraction of sp³-hybridized carbons (Fsp3) is 0.226. The smallest absolute Gasteiger partial charge is 0.171 e. The molecule has 5 aromatic rings. The van der Waals surface area contributed by atoms with Crippen LogP contribution < -0.4 is 24.4 Å². The first-order chi connectivity index (χ1) is 19.6. The number of pyridine rings is 2. The Morgan fingerprint density at radius 3 is 2.44 bits per heavy atom. The van der Waals surface area contributed by atoms with Gasteiger partial charge in [-0.2, -0.15) is 0 Å². The lowest BCUT2D eigenvalue weighted by molar-refractivity contribution is 0.369. The first-order valence-corrected chi connectivity index (χ1v) is 13.5. The standard InChI is InChI=1S/C31H30ClN5O3.3ClH/c1-38-28-17-29(39-2)30(16-25(28)32)40-27-6-4-3-5-24(27)26-20-37-14-10-23(15-31(37)35-26)36-13-9-22(19-36)34-18-21-7-11-33-12-8-21;;;/h3-8,10-12,14-17,20,22,34H,9,13,18-19H2,1-2H3;3*1H/t22-;;;/m0.../s1. The summed E-state index contributed by atoms with van der Waals surface area (Å²) in [4.78, 5) is 11.5. The number of aromatic nitrogens is 3. The van der Waals surface area contributed by atoms with Crippen LogP contribution in [0.15, 0.2) is 85.5 Å². The Morgan fingerprint density at radius 1 is 0.907 bits per heavy atom. The topological polar surface area (TPSA) is 73.2 Å². The quantitative estimate of drug-likeness (QED) is 0.175. The molecule has 1 aliphatic rings. The van der Waals surface area contributed by atoms with E-state index in [1.54, 1.807) is 26.4 Å². The molecule has 0 spiro atoms. The van der Waals surface area contributed by atoms with Gasteiger partial charge in [0.25, 0.3) is 0 Å². The number of nitrogens with one attached hydrogen (secondary N) is 1. The van der Waals surface area contributed by atoms with Crippen LogP contribution in [0.4, 0.5) is 5.69 Å². The Hall–Kier alpha value is -3.40. The fourth-order valence-corrected chi connectivity index (χ4v) is 5.25. The van der Waals surface area contributed by atoms with E-state index < -0.39 is 0 Å². The van der Waals surface area contributed by atoms with Crippen molar-refractivity contribution in [3.8, 4) is 34.3 Å². The molecule has 12 heteroatoms. The zero-order chi connectivity index (χ0) is 27.5. The van der Waals surface area contributed by atoms with Crippen LogP contribution in [0.1, 0.15) is 12.0 Å². The predicted molar refractivity (Wildman–Crippen MR) is 179 cm³/mol.